The van der Waals surface area contributed by atoms with Crippen LogP contribution in [-0.2, 0) is 0 Å². The summed E-state index contributed by atoms with van der Waals surface area (Å²) >= 11 is 3.82. The van der Waals surface area contributed by atoms with E-state index in [0.717, 1.165) is 0 Å². The summed E-state index contributed by atoms with van der Waals surface area (Å²) in [5.74, 6) is -0.0243. The molecule has 0 bridgehead atoms. The van der Waals surface area contributed by atoms with Crippen molar-refractivity contribution in [2.45, 2.75) is 5.92 Å². The zero-order valence-corrected chi connectivity index (χ0v) is 38.2. The fraction of sp³-hybridized carbons (Fsp3) is 0.0154. The van der Waals surface area contributed by atoms with Gasteiger partial charge < -0.3 is 0 Å². The molecular weight excluding hydrogens is 845 g/mol. The first-order chi connectivity index (χ1) is 33.2. The molecule has 13 rings (SSSR count). The zero-order chi connectivity index (χ0) is 44.3. The number of rotatable bonds is 8. The Morgan fingerprint density at radius 2 is 0.761 bits per heavy atom. The van der Waals surface area contributed by atoms with E-state index in [-0.39, 0.29) is 5.92 Å². The standard InChI is InChI=1S/C65H42S2/c1-5-14-42(15-6-1)50-30-33-55-56-34-32-52(41-61(56)66-60(55)39-50)63(48-27-24-44(25-28-48)49-29-26-47-22-13-23-53(59(47)38-49)45-18-9-3-10-19-45)58-37-36-54(46-20-11-4-12-21-46)65-64(58)57-35-31-51(40-62(57)67-65)43-16-7-2-8-17-43/h1-41,63H. The average Bonchev–Trinajstić information content (AvgIpc) is 3.98. The molecule has 67 heavy (non-hydrogen) atoms. The van der Waals surface area contributed by atoms with Crippen LogP contribution >= 0.6 is 22.7 Å². The molecule has 0 fully saturated rings. The fourth-order valence-corrected chi connectivity index (χ4v) is 12.8. The van der Waals surface area contributed by atoms with Gasteiger partial charge in [-0.25, -0.2) is 0 Å². The second-order valence-corrected chi connectivity index (χ2v) is 19.7. The number of benzene rings is 11. The summed E-state index contributed by atoms with van der Waals surface area (Å²) in [6.45, 7) is 0. The minimum atomic E-state index is -0.0243. The number of hydrogen-bond acceptors (Lipinski definition) is 2. The molecule has 0 radical (unpaired) electrons. The molecule has 0 amide bonds. The lowest BCUT2D eigenvalue weighted by molar-refractivity contribution is 0.994. The molecule has 2 heterocycles. The normalized spacial score (nSPS) is 12.1. The smallest absolute Gasteiger partial charge is 0.0436 e. The van der Waals surface area contributed by atoms with Crippen molar-refractivity contribution in [1.29, 1.82) is 0 Å². The highest BCUT2D eigenvalue weighted by atomic mass is 32.1. The summed E-state index contributed by atoms with van der Waals surface area (Å²) in [6, 6.07) is 92.2. The molecule has 0 aliphatic rings. The molecule has 0 aliphatic heterocycles. The summed E-state index contributed by atoms with van der Waals surface area (Å²) in [4.78, 5) is 0. The molecule has 13 aromatic rings. The lowest BCUT2D eigenvalue weighted by Crippen LogP contribution is -2.04. The second-order valence-electron chi connectivity index (χ2n) is 17.5. The van der Waals surface area contributed by atoms with Crippen LogP contribution in [0.25, 0.3) is 107 Å². The van der Waals surface area contributed by atoms with Crippen molar-refractivity contribution in [3.05, 3.63) is 265 Å². The molecule has 2 heteroatoms. The summed E-state index contributed by atoms with van der Waals surface area (Å²) in [5.41, 5.74) is 16.3. The summed E-state index contributed by atoms with van der Waals surface area (Å²) in [7, 11) is 0. The molecule has 1 unspecified atom stereocenters. The highest BCUT2D eigenvalue weighted by molar-refractivity contribution is 7.26. The number of hydrogen-bond donors (Lipinski definition) is 0. The van der Waals surface area contributed by atoms with E-state index in [0.29, 0.717) is 0 Å². The Labute approximate surface area is 398 Å². The van der Waals surface area contributed by atoms with Gasteiger partial charge in [-0.15, -0.1) is 22.7 Å². The molecule has 0 spiro atoms. The van der Waals surface area contributed by atoms with E-state index in [1.165, 1.54) is 123 Å². The first kappa shape index (κ1) is 39.5. The first-order valence-electron chi connectivity index (χ1n) is 23.0. The summed E-state index contributed by atoms with van der Waals surface area (Å²) in [6.07, 6.45) is 0. The van der Waals surface area contributed by atoms with Crippen molar-refractivity contribution < 1.29 is 0 Å². The molecule has 2 aromatic heterocycles. The van der Waals surface area contributed by atoms with Crippen molar-refractivity contribution >= 4 is 73.8 Å². The van der Waals surface area contributed by atoms with E-state index >= 15 is 0 Å². The molecule has 0 nitrogen and oxygen atoms in total. The fourth-order valence-electron chi connectivity index (χ4n) is 10.3. The summed E-state index contributed by atoms with van der Waals surface area (Å²) < 4.78 is 5.25. The van der Waals surface area contributed by atoms with Crippen molar-refractivity contribution in [2.75, 3.05) is 0 Å². The van der Waals surface area contributed by atoms with Crippen molar-refractivity contribution in [1.82, 2.24) is 0 Å². The monoisotopic (exact) mass is 886 g/mol. The Balaban J connectivity index is 1.00. The molecule has 314 valence electrons. The lowest BCUT2D eigenvalue weighted by Gasteiger charge is -2.22. The van der Waals surface area contributed by atoms with Gasteiger partial charge in [0.05, 0.1) is 0 Å². The van der Waals surface area contributed by atoms with Gasteiger partial charge in [0.2, 0.25) is 0 Å². The maximum Gasteiger partial charge on any atom is 0.0436 e. The molecular formula is C65H42S2. The van der Waals surface area contributed by atoms with Crippen molar-refractivity contribution in [3.63, 3.8) is 0 Å². The Bertz CT molecular complexity index is 3940. The van der Waals surface area contributed by atoms with E-state index in [1.807, 2.05) is 22.7 Å². The van der Waals surface area contributed by atoms with Crippen LogP contribution < -0.4 is 0 Å². The molecule has 0 aliphatic carbocycles. The van der Waals surface area contributed by atoms with Gasteiger partial charge in [0.15, 0.2) is 0 Å². The van der Waals surface area contributed by atoms with Crippen LogP contribution in [0.3, 0.4) is 0 Å². The van der Waals surface area contributed by atoms with Gasteiger partial charge in [-0.1, -0.05) is 224 Å². The quantitative estimate of drug-likeness (QED) is 0.133. The van der Waals surface area contributed by atoms with Crippen LogP contribution in [0.15, 0.2) is 249 Å². The van der Waals surface area contributed by atoms with E-state index in [1.54, 1.807) is 0 Å². The first-order valence-corrected chi connectivity index (χ1v) is 24.6. The highest BCUT2D eigenvalue weighted by Gasteiger charge is 2.25. The van der Waals surface area contributed by atoms with Crippen LogP contribution in [-0.4, -0.2) is 0 Å². The van der Waals surface area contributed by atoms with E-state index in [4.69, 9.17) is 0 Å². The maximum atomic E-state index is 2.48. The van der Waals surface area contributed by atoms with Crippen LogP contribution in [0.4, 0.5) is 0 Å². The second kappa shape index (κ2) is 16.5. The highest BCUT2D eigenvalue weighted by Crippen LogP contribution is 2.48. The average molecular weight is 887 g/mol. The van der Waals surface area contributed by atoms with E-state index in [2.05, 4.69) is 249 Å². The Morgan fingerprint density at radius 3 is 1.42 bits per heavy atom. The maximum absolute atomic E-state index is 2.48. The van der Waals surface area contributed by atoms with Crippen LogP contribution in [0, 0.1) is 0 Å². The number of thiophene rings is 2. The number of fused-ring (bicyclic) bond motifs is 7. The van der Waals surface area contributed by atoms with Gasteiger partial charge in [0, 0.05) is 46.3 Å². The molecule has 1 atom stereocenters. The predicted molar refractivity (Wildman–Crippen MR) is 291 cm³/mol. The Kier molecular flexibility index (Phi) is 9.74. The van der Waals surface area contributed by atoms with Gasteiger partial charge in [0.25, 0.3) is 0 Å². The van der Waals surface area contributed by atoms with Crippen LogP contribution in [0.5, 0.6) is 0 Å². The Hall–Kier alpha value is -7.88. The topological polar surface area (TPSA) is 0 Å². The van der Waals surface area contributed by atoms with Gasteiger partial charge in [0.1, 0.15) is 0 Å². The van der Waals surface area contributed by atoms with E-state index in [9.17, 15) is 0 Å². The third-order valence-electron chi connectivity index (χ3n) is 13.6. The third kappa shape index (κ3) is 7.05. The third-order valence-corrected chi connectivity index (χ3v) is 15.9. The van der Waals surface area contributed by atoms with Gasteiger partial charge in [-0.05, 0) is 107 Å². The largest absolute Gasteiger partial charge is 0.135 e. The van der Waals surface area contributed by atoms with Gasteiger partial charge in [-0.2, -0.15) is 0 Å². The van der Waals surface area contributed by atoms with E-state index < -0.39 is 0 Å². The zero-order valence-electron chi connectivity index (χ0n) is 36.6. The minimum absolute atomic E-state index is 0.0243. The molecule has 0 N–H and O–H groups in total. The SMILES string of the molecule is c1ccc(-c2ccc3c(c2)sc2cc(C(c4ccc(-c5ccc6cccc(-c7ccccc7)c6c5)cc4)c4ccc(-c5ccccc5)c5sc6cc(-c7ccccc7)ccc6c45)ccc23)cc1. The summed E-state index contributed by atoms with van der Waals surface area (Å²) in [5, 5.41) is 7.77. The minimum Gasteiger partial charge on any atom is -0.135 e. The Morgan fingerprint density at radius 1 is 0.269 bits per heavy atom. The van der Waals surface area contributed by atoms with Crippen LogP contribution in [0.1, 0.15) is 22.6 Å². The van der Waals surface area contributed by atoms with Crippen LogP contribution in [0.2, 0.25) is 0 Å². The molecule has 0 saturated carbocycles. The van der Waals surface area contributed by atoms with Gasteiger partial charge >= 0.3 is 0 Å². The van der Waals surface area contributed by atoms with Crippen molar-refractivity contribution in [3.8, 4) is 55.6 Å². The lowest BCUT2D eigenvalue weighted by atomic mass is 9.81. The predicted octanol–water partition coefficient (Wildman–Crippen LogP) is 19.1. The molecule has 0 saturated heterocycles. The van der Waals surface area contributed by atoms with Gasteiger partial charge in [-0.3, -0.25) is 0 Å². The van der Waals surface area contributed by atoms with Crippen molar-refractivity contribution in [2.24, 2.45) is 0 Å². The molecule has 11 aromatic carbocycles.